The summed E-state index contributed by atoms with van der Waals surface area (Å²) in [6.45, 7) is 5.45. The van der Waals surface area contributed by atoms with E-state index in [1.807, 2.05) is 24.9 Å². The summed E-state index contributed by atoms with van der Waals surface area (Å²) >= 11 is 0. The standard InChI is InChI=1S/C23H23F2N7O2/c1-13-14(2)28-22-21(27-13)20(17-5-4-16(24)8-18(17)25)29-23(30-22)31-6-7-34-19(11-31)15-9-26-32(10-15)12-33-3/h4-5,8-10,19H,6-7,11-12H2,1-3H3. The van der Waals surface area contributed by atoms with Crippen molar-refractivity contribution < 1.29 is 18.3 Å². The zero-order valence-electron chi connectivity index (χ0n) is 19.0. The van der Waals surface area contributed by atoms with E-state index in [0.29, 0.717) is 54.9 Å². The number of benzene rings is 1. The third kappa shape index (κ3) is 4.19. The number of nitrogens with zero attached hydrogens (tertiary/aromatic N) is 7. The van der Waals surface area contributed by atoms with E-state index >= 15 is 0 Å². The molecule has 4 heterocycles. The fraction of sp³-hybridized carbons (Fsp3) is 0.348. The summed E-state index contributed by atoms with van der Waals surface area (Å²) < 4.78 is 41.1. The Labute approximate surface area is 194 Å². The van der Waals surface area contributed by atoms with Gasteiger partial charge in [0.25, 0.3) is 0 Å². The summed E-state index contributed by atoms with van der Waals surface area (Å²) in [5.74, 6) is -1.01. The quantitative estimate of drug-likeness (QED) is 0.441. The van der Waals surface area contributed by atoms with Crippen molar-refractivity contribution in [2.45, 2.75) is 26.7 Å². The number of aromatic nitrogens is 6. The van der Waals surface area contributed by atoms with Crippen LogP contribution in [0.3, 0.4) is 0 Å². The van der Waals surface area contributed by atoms with E-state index in [1.54, 1.807) is 18.0 Å². The summed E-state index contributed by atoms with van der Waals surface area (Å²) in [6, 6.07) is 3.39. The van der Waals surface area contributed by atoms with Crippen LogP contribution in [-0.2, 0) is 16.2 Å². The number of morpholine rings is 1. The van der Waals surface area contributed by atoms with Crippen molar-refractivity contribution in [2.24, 2.45) is 0 Å². The van der Waals surface area contributed by atoms with Crippen LogP contribution in [0.4, 0.5) is 14.7 Å². The van der Waals surface area contributed by atoms with Crippen molar-refractivity contribution in [1.29, 1.82) is 0 Å². The van der Waals surface area contributed by atoms with Gasteiger partial charge in [-0.3, -0.25) is 0 Å². The molecule has 1 aliphatic rings. The van der Waals surface area contributed by atoms with E-state index in [2.05, 4.69) is 25.0 Å². The molecule has 34 heavy (non-hydrogen) atoms. The first-order chi connectivity index (χ1) is 16.4. The molecule has 1 aromatic carbocycles. The normalized spacial score (nSPS) is 16.4. The lowest BCUT2D eigenvalue weighted by Crippen LogP contribution is -2.39. The van der Waals surface area contributed by atoms with Gasteiger partial charge >= 0.3 is 0 Å². The minimum atomic E-state index is -0.726. The predicted octanol–water partition coefficient (Wildman–Crippen LogP) is 3.36. The van der Waals surface area contributed by atoms with Gasteiger partial charge in [-0.2, -0.15) is 10.1 Å². The van der Waals surface area contributed by atoms with Crippen molar-refractivity contribution in [2.75, 3.05) is 31.7 Å². The predicted molar refractivity (Wildman–Crippen MR) is 120 cm³/mol. The van der Waals surface area contributed by atoms with Crippen molar-refractivity contribution in [1.82, 2.24) is 29.7 Å². The molecule has 0 saturated carbocycles. The molecule has 1 aliphatic heterocycles. The molecule has 0 N–H and O–H groups in total. The molecule has 1 saturated heterocycles. The van der Waals surface area contributed by atoms with Gasteiger partial charge in [-0.15, -0.1) is 0 Å². The van der Waals surface area contributed by atoms with Gasteiger partial charge in [0.1, 0.15) is 35.7 Å². The highest BCUT2D eigenvalue weighted by atomic mass is 19.1. The summed E-state index contributed by atoms with van der Waals surface area (Å²) in [7, 11) is 1.60. The molecule has 0 bridgehead atoms. The number of rotatable bonds is 5. The highest BCUT2D eigenvalue weighted by Crippen LogP contribution is 2.31. The molecule has 11 heteroatoms. The molecule has 1 atom stereocenters. The van der Waals surface area contributed by atoms with Crippen LogP contribution in [0.1, 0.15) is 23.1 Å². The minimum absolute atomic E-state index is 0.137. The van der Waals surface area contributed by atoms with Crippen LogP contribution in [0.15, 0.2) is 30.6 Å². The van der Waals surface area contributed by atoms with Gasteiger partial charge in [0.2, 0.25) is 5.95 Å². The topological polar surface area (TPSA) is 91.1 Å². The van der Waals surface area contributed by atoms with Crippen LogP contribution >= 0.6 is 0 Å². The summed E-state index contributed by atoms with van der Waals surface area (Å²) in [6.07, 6.45) is 3.36. The Morgan fingerprint density at radius 1 is 1.12 bits per heavy atom. The number of hydrogen-bond donors (Lipinski definition) is 0. The molecule has 0 amide bonds. The minimum Gasteiger partial charge on any atom is -0.370 e. The molecule has 0 radical (unpaired) electrons. The molecule has 3 aromatic heterocycles. The van der Waals surface area contributed by atoms with Crippen molar-refractivity contribution >= 4 is 17.1 Å². The van der Waals surface area contributed by atoms with Crippen molar-refractivity contribution in [3.63, 3.8) is 0 Å². The smallest absolute Gasteiger partial charge is 0.228 e. The number of anilines is 1. The zero-order valence-corrected chi connectivity index (χ0v) is 19.0. The Morgan fingerprint density at radius 3 is 2.74 bits per heavy atom. The fourth-order valence-corrected chi connectivity index (χ4v) is 3.89. The fourth-order valence-electron chi connectivity index (χ4n) is 3.89. The van der Waals surface area contributed by atoms with Crippen LogP contribution in [0.25, 0.3) is 22.4 Å². The van der Waals surface area contributed by atoms with Gasteiger partial charge in [-0.25, -0.2) is 28.4 Å². The molecular weight excluding hydrogens is 444 g/mol. The highest BCUT2D eigenvalue weighted by molar-refractivity contribution is 5.88. The monoisotopic (exact) mass is 467 g/mol. The second-order valence-corrected chi connectivity index (χ2v) is 8.10. The number of ether oxygens (including phenoxy) is 2. The molecule has 1 unspecified atom stereocenters. The second kappa shape index (κ2) is 8.99. The number of hydrogen-bond acceptors (Lipinski definition) is 8. The maximum Gasteiger partial charge on any atom is 0.228 e. The van der Waals surface area contributed by atoms with Gasteiger partial charge in [0.15, 0.2) is 5.65 Å². The largest absolute Gasteiger partial charge is 0.370 e. The Balaban J connectivity index is 1.57. The molecule has 0 spiro atoms. The third-order valence-electron chi connectivity index (χ3n) is 5.75. The van der Waals surface area contributed by atoms with Gasteiger partial charge in [0.05, 0.1) is 30.7 Å². The average Bonchev–Trinajstić information content (AvgIpc) is 3.29. The van der Waals surface area contributed by atoms with E-state index in [-0.39, 0.29) is 17.4 Å². The Bertz CT molecular complexity index is 1360. The molecular formula is C23H23F2N7O2. The molecule has 176 valence electrons. The SMILES string of the molecule is COCn1cc(C2CN(c3nc(-c4ccc(F)cc4F)c4nc(C)c(C)nc4n3)CCO2)cn1. The Kier molecular flexibility index (Phi) is 5.88. The first kappa shape index (κ1) is 22.2. The number of fused-ring (bicyclic) bond motifs is 1. The van der Waals surface area contributed by atoms with Crippen LogP contribution in [0.2, 0.25) is 0 Å². The van der Waals surface area contributed by atoms with E-state index in [4.69, 9.17) is 9.47 Å². The van der Waals surface area contributed by atoms with Crippen LogP contribution in [0, 0.1) is 25.5 Å². The zero-order chi connectivity index (χ0) is 23.8. The summed E-state index contributed by atoms with van der Waals surface area (Å²) in [5, 5.41) is 4.28. The van der Waals surface area contributed by atoms with Crippen molar-refractivity contribution in [3.8, 4) is 11.3 Å². The van der Waals surface area contributed by atoms with E-state index in [0.717, 1.165) is 11.6 Å². The number of aryl methyl sites for hydroxylation is 2. The third-order valence-corrected chi connectivity index (χ3v) is 5.75. The summed E-state index contributed by atoms with van der Waals surface area (Å²) in [5.41, 5.74) is 3.42. The van der Waals surface area contributed by atoms with Crippen molar-refractivity contribution in [3.05, 3.63) is 59.2 Å². The number of halogens is 2. The molecule has 1 fully saturated rings. The van der Waals surface area contributed by atoms with Gasteiger partial charge in [-0.1, -0.05) is 0 Å². The maximum absolute atomic E-state index is 14.8. The lowest BCUT2D eigenvalue weighted by Gasteiger charge is -2.32. The van der Waals surface area contributed by atoms with Gasteiger partial charge in [0, 0.05) is 37.0 Å². The number of methoxy groups -OCH3 is 1. The van der Waals surface area contributed by atoms with E-state index in [1.165, 1.54) is 12.1 Å². The molecule has 4 aromatic rings. The van der Waals surface area contributed by atoms with E-state index in [9.17, 15) is 8.78 Å². The molecule has 0 aliphatic carbocycles. The van der Waals surface area contributed by atoms with Gasteiger partial charge < -0.3 is 14.4 Å². The summed E-state index contributed by atoms with van der Waals surface area (Å²) in [4.78, 5) is 20.4. The lowest BCUT2D eigenvalue weighted by molar-refractivity contribution is 0.0390. The van der Waals surface area contributed by atoms with Crippen LogP contribution in [0.5, 0.6) is 0 Å². The molecule has 5 rings (SSSR count). The van der Waals surface area contributed by atoms with E-state index < -0.39 is 11.6 Å². The molecule has 9 nitrogen and oxygen atoms in total. The van der Waals surface area contributed by atoms with Gasteiger partial charge in [-0.05, 0) is 26.0 Å². The first-order valence-corrected chi connectivity index (χ1v) is 10.8. The second-order valence-electron chi connectivity index (χ2n) is 8.10. The van der Waals surface area contributed by atoms with Crippen LogP contribution in [-0.4, -0.2) is 56.5 Å². The average molecular weight is 467 g/mol. The lowest BCUT2D eigenvalue weighted by atomic mass is 10.1. The first-order valence-electron chi connectivity index (χ1n) is 10.8. The van der Waals surface area contributed by atoms with Crippen LogP contribution < -0.4 is 4.90 Å². The highest BCUT2D eigenvalue weighted by Gasteiger charge is 2.27. The Morgan fingerprint density at radius 2 is 1.94 bits per heavy atom. The Hall–Kier alpha value is -3.57. The maximum atomic E-state index is 14.8.